The number of aromatic amines is 1. The number of nitrogens with zero attached hydrogens (tertiary/aromatic N) is 2. The maximum atomic E-state index is 14.1. The SMILES string of the molecule is CCCC(C(=O)O)c1c(-c2cn[nH]c2)c2c3c(sc2n(Cc2ccccc2)c1=O)CCCC3. The molecular formula is C26H27N3O3S. The van der Waals surface area contributed by atoms with Crippen LogP contribution in [-0.4, -0.2) is 25.8 Å². The predicted molar refractivity (Wildman–Crippen MR) is 131 cm³/mol. The number of pyridine rings is 1. The number of hydrogen-bond donors (Lipinski definition) is 2. The maximum Gasteiger partial charge on any atom is 0.311 e. The van der Waals surface area contributed by atoms with E-state index in [0.29, 0.717) is 24.9 Å². The van der Waals surface area contributed by atoms with Crippen LogP contribution in [0.1, 0.15) is 60.1 Å². The number of carboxylic acid groups (broad SMARTS) is 1. The molecular weight excluding hydrogens is 434 g/mol. The number of thiophene rings is 1. The van der Waals surface area contributed by atoms with Gasteiger partial charge in [0, 0.05) is 33.2 Å². The molecule has 1 atom stereocenters. The van der Waals surface area contributed by atoms with Crippen molar-refractivity contribution in [3.05, 3.63) is 74.6 Å². The highest BCUT2D eigenvalue weighted by Crippen LogP contribution is 2.44. The Labute approximate surface area is 195 Å². The van der Waals surface area contributed by atoms with Crippen LogP contribution < -0.4 is 5.56 Å². The van der Waals surface area contributed by atoms with Gasteiger partial charge in [0.2, 0.25) is 0 Å². The summed E-state index contributed by atoms with van der Waals surface area (Å²) in [5, 5.41) is 18.2. The number of benzene rings is 1. The summed E-state index contributed by atoms with van der Waals surface area (Å²) in [6.07, 6.45) is 8.78. The van der Waals surface area contributed by atoms with E-state index in [1.807, 2.05) is 41.8 Å². The van der Waals surface area contributed by atoms with Crippen LogP contribution in [0.25, 0.3) is 21.3 Å². The minimum atomic E-state index is -0.951. The molecule has 0 saturated carbocycles. The number of rotatable bonds is 7. The summed E-state index contributed by atoms with van der Waals surface area (Å²) in [6, 6.07) is 9.91. The van der Waals surface area contributed by atoms with Gasteiger partial charge in [-0.1, -0.05) is 43.7 Å². The average Bonchev–Trinajstić information content (AvgIpc) is 3.48. The Morgan fingerprint density at radius 1 is 1.24 bits per heavy atom. The van der Waals surface area contributed by atoms with Crippen molar-refractivity contribution in [3.8, 4) is 11.1 Å². The number of H-pyrrole nitrogens is 1. The van der Waals surface area contributed by atoms with Crippen LogP contribution in [0, 0.1) is 0 Å². The largest absolute Gasteiger partial charge is 0.481 e. The summed E-state index contributed by atoms with van der Waals surface area (Å²) in [6.45, 7) is 2.38. The van der Waals surface area contributed by atoms with Gasteiger partial charge in [-0.25, -0.2) is 0 Å². The molecule has 0 amide bonds. The van der Waals surface area contributed by atoms with Crippen LogP contribution in [0.2, 0.25) is 0 Å². The van der Waals surface area contributed by atoms with E-state index < -0.39 is 11.9 Å². The zero-order valence-corrected chi connectivity index (χ0v) is 19.5. The predicted octanol–water partition coefficient (Wildman–Crippen LogP) is 5.35. The second-order valence-electron chi connectivity index (χ2n) is 8.72. The number of aliphatic carboxylic acids is 1. The van der Waals surface area contributed by atoms with Gasteiger partial charge in [0.05, 0.1) is 18.7 Å². The Morgan fingerprint density at radius 3 is 2.73 bits per heavy atom. The fourth-order valence-electron chi connectivity index (χ4n) is 5.08. The molecule has 170 valence electrons. The molecule has 0 spiro atoms. The average molecular weight is 462 g/mol. The van der Waals surface area contributed by atoms with Crippen molar-refractivity contribution in [1.82, 2.24) is 14.8 Å². The molecule has 0 bridgehead atoms. The Morgan fingerprint density at radius 2 is 2.03 bits per heavy atom. The number of nitrogens with one attached hydrogen (secondary N) is 1. The zero-order chi connectivity index (χ0) is 22.9. The first-order valence-corrected chi connectivity index (χ1v) is 12.4. The molecule has 6 nitrogen and oxygen atoms in total. The molecule has 1 aliphatic carbocycles. The van der Waals surface area contributed by atoms with Crippen LogP contribution in [0.3, 0.4) is 0 Å². The van der Waals surface area contributed by atoms with Crippen molar-refractivity contribution >= 4 is 27.5 Å². The van der Waals surface area contributed by atoms with E-state index in [-0.39, 0.29) is 5.56 Å². The molecule has 5 rings (SSSR count). The Kier molecular flexibility index (Phi) is 5.89. The number of fused-ring (bicyclic) bond motifs is 3. The van der Waals surface area contributed by atoms with E-state index in [0.717, 1.165) is 52.6 Å². The summed E-state index contributed by atoms with van der Waals surface area (Å²) in [5.41, 5.74) is 4.03. The van der Waals surface area contributed by atoms with Crippen molar-refractivity contribution in [2.75, 3.05) is 0 Å². The topological polar surface area (TPSA) is 88.0 Å². The molecule has 0 saturated heterocycles. The van der Waals surface area contributed by atoms with Crippen LogP contribution in [0.15, 0.2) is 47.5 Å². The summed E-state index contributed by atoms with van der Waals surface area (Å²) in [4.78, 5) is 28.8. The second-order valence-corrected chi connectivity index (χ2v) is 9.81. The van der Waals surface area contributed by atoms with Gasteiger partial charge in [-0.15, -0.1) is 11.3 Å². The molecule has 1 unspecified atom stereocenters. The summed E-state index contributed by atoms with van der Waals surface area (Å²) >= 11 is 1.70. The highest BCUT2D eigenvalue weighted by atomic mass is 32.1. The van der Waals surface area contributed by atoms with Gasteiger partial charge in [-0.3, -0.25) is 19.3 Å². The summed E-state index contributed by atoms with van der Waals surface area (Å²) in [5.74, 6) is -1.81. The van der Waals surface area contributed by atoms with E-state index in [4.69, 9.17) is 0 Å². The number of carbonyl (C=O) groups is 1. The van der Waals surface area contributed by atoms with Gasteiger partial charge < -0.3 is 5.11 Å². The molecule has 2 N–H and O–H groups in total. The van der Waals surface area contributed by atoms with Gasteiger partial charge in [-0.2, -0.15) is 5.10 Å². The minimum Gasteiger partial charge on any atom is -0.481 e. The number of aromatic nitrogens is 3. The first-order valence-electron chi connectivity index (χ1n) is 11.6. The first-order chi connectivity index (χ1) is 16.1. The Balaban J connectivity index is 1.90. The third-order valence-electron chi connectivity index (χ3n) is 6.59. The highest BCUT2D eigenvalue weighted by Gasteiger charge is 2.32. The third kappa shape index (κ3) is 3.80. The number of hydrogen-bond acceptors (Lipinski definition) is 4. The van der Waals surface area contributed by atoms with Crippen LogP contribution >= 0.6 is 11.3 Å². The number of carboxylic acids is 1. The molecule has 1 aliphatic rings. The molecule has 3 heterocycles. The smallest absolute Gasteiger partial charge is 0.311 e. The van der Waals surface area contributed by atoms with Crippen molar-refractivity contribution < 1.29 is 9.90 Å². The zero-order valence-electron chi connectivity index (χ0n) is 18.6. The van der Waals surface area contributed by atoms with Gasteiger partial charge in [0.1, 0.15) is 4.83 Å². The normalized spacial score (nSPS) is 14.3. The van der Waals surface area contributed by atoms with Gasteiger partial charge >= 0.3 is 5.97 Å². The van der Waals surface area contributed by atoms with Gasteiger partial charge in [0.15, 0.2) is 0 Å². The monoisotopic (exact) mass is 461 g/mol. The van der Waals surface area contributed by atoms with Gasteiger partial charge in [0.25, 0.3) is 5.56 Å². The molecule has 3 aromatic heterocycles. The highest BCUT2D eigenvalue weighted by molar-refractivity contribution is 7.19. The lowest BCUT2D eigenvalue weighted by Crippen LogP contribution is -2.30. The molecule has 0 radical (unpaired) electrons. The quantitative estimate of drug-likeness (QED) is 0.388. The van der Waals surface area contributed by atoms with E-state index in [9.17, 15) is 14.7 Å². The molecule has 0 fully saturated rings. The van der Waals surface area contributed by atoms with Crippen LogP contribution in [0.4, 0.5) is 0 Å². The third-order valence-corrected chi connectivity index (χ3v) is 7.90. The fourth-order valence-corrected chi connectivity index (χ4v) is 6.47. The van der Waals surface area contributed by atoms with Crippen molar-refractivity contribution in [3.63, 3.8) is 0 Å². The standard InChI is InChI=1S/C26H27N3O3S/c1-2-8-19(26(31)32)22-21(17-13-27-28-14-17)23-18-11-6-7-12-20(18)33-25(23)29(24(22)30)15-16-9-4-3-5-10-16/h3-5,9-10,13-14,19H,2,6-8,11-12,15H2,1H3,(H,27,28)(H,31,32). The first kappa shape index (κ1) is 21.6. The maximum absolute atomic E-state index is 14.1. The van der Waals surface area contributed by atoms with Crippen molar-refractivity contribution in [2.45, 2.75) is 57.9 Å². The van der Waals surface area contributed by atoms with E-state index in [2.05, 4.69) is 10.2 Å². The fraction of sp³-hybridized carbons (Fsp3) is 0.346. The second kappa shape index (κ2) is 8.98. The summed E-state index contributed by atoms with van der Waals surface area (Å²) in [7, 11) is 0. The lowest BCUT2D eigenvalue weighted by Gasteiger charge is -2.21. The lowest BCUT2D eigenvalue weighted by atomic mass is 9.85. The van der Waals surface area contributed by atoms with Crippen LogP contribution in [0.5, 0.6) is 0 Å². The van der Waals surface area contributed by atoms with Gasteiger partial charge in [-0.05, 0) is 43.2 Å². The molecule has 33 heavy (non-hydrogen) atoms. The molecule has 0 aliphatic heterocycles. The minimum absolute atomic E-state index is 0.206. The number of aryl methyl sites for hydroxylation is 2. The molecule has 4 aromatic rings. The molecule has 1 aromatic carbocycles. The van der Waals surface area contributed by atoms with Crippen LogP contribution in [-0.2, 0) is 24.2 Å². The molecule has 7 heteroatoms. The Hall–Kier alpha value is -3.19. The van der Waals surface area contributed by atoms with E-state index in [1.165, 1.54) is 10.4 Å². The van der Waals surface area contributed by atoms with E-state index >= 15 is 0 Å². The Bertz CT molecular complexity index is 1350. The van der Waals surface area contributed by atoms with Crippen molar-refractivity contribution in [2.24, 2.45) is 0 Å². The van der Waals surface area contributed by atoms with E-state index in [1.54, 1.807) is 23.7 Å². The van der Waals surface area contributed by atoms with Crippen molar-refractivity contribution in [1.29, 1.82) is 0 Å². The lowest BCUT2D eigenvalue weighted by molar-refractivity contribution is -0.139. The summed E-state index contributed by atoms with van der Waals surface area (Å²) < 4.78 is 1.82.